The van der Waals surface area contributed by atoms with E-state index >= 15 is 0 Å². The predicted octanol–water partition coefficient (Wildman–Crippen LogP) is 7.89. The molecule has 2 N–H and O–H groups in total. The fourth-order valence-corrected chi connectivity index (χ4v) is 6.73. The van der Waals surface area contributed by atoms with Gasteiger partial charge in [0.05, 0.1) is 13.2 Å². The number of aliphatic carboxylic acids is 1. The Kier molecular flexibility index (Phi) is 11.1. The summed E-state index contributed by atoms with van der Waals surface area (Å²) >= 11 is 1.34. The van der Waals surface area contributed by atoms with E-state index in [0.717, 1.165) is 11.1 Å². The van der Waals surface area contributed by atoms with Gasteiger partial charge in [-0.15, -0.1) is 11.8 Å². The lowest BCUT2D eigenvalue weighted by Crippen LogP contribution is -2.44. The van der Waals surface area contributed by atoms with Crippen LogP contribution >= 0.6 is 11.8 Å². The summed E-state index contributed by atoms with van der Waals surface area (Å²) in [6.07, 6.45) is -1.84. The number of nitrogens with zero attached hydrogens (tertiary/aromatic N) is 1. The van der Waals surface area contributed by atoms with E-state index in [4.69, 9.17) is 14.2 Å². The molecule has 1 fully saturated rings. The monoisotopic (exact) mass is 686 g/mol. The molecule has 0 aromatic heterocycles. The van der Waals surface area contributed by atoms with E-state index in [1.165, 1.54) is 28.8 Å². The van der Waals surface area contributed by atoms with Gasteiger partial charge in [0.25, 0.3) is 0 Å². The third kappa shape index (κ3) is 8.72. The van der Waals surface area contributed by atoms with Crippen LogP contribution in [0.25, 0.3) is 0 Å². The normalized spacial score (nSPS) is 16.3. The smallest absolute Gasteiger partial charge is 0.417 e. The van der Waals surface area contributed by atoms with E-state index in [9.17, 15) is 23.9 Å². The number of methoxy groups -OCH3 is 1. The van der Waals surface area contributed by atoms with Gasteiger partial charge in [0.2, 0.25) is 5.91 Å². The van der Waals surface area contributed by atoms with Crippen molar-refractivity contribution in [2.75, 3.05) is 19.0 Å². The Morgan fingerprint density at radius 2 is 1.59 bits per heavy atom. The lowest BCUT2D eigenvalue weighted by Gasteiger charge is -2.32. The zero-order chi connectivity index (χ0) is 35.1. The summed E-state index contributed by atoms with van der Waals surface area (Å²) in [7, 11) is 1.59. The number of imide groups is 1. The highest BCUT2D eigenvalue weighted by molar-refractivity contribution is 7.99. The Balaban J connectivity index is 1.55. The molecular formula is C38H39FN2O7S. The van der Waals surface area contributed by atoms with E-state index < -0.39 is 52.6 Å². The van der Waals surface area contributed by atoms with Crippen LogP contribution in [0.4, 0.5) is 14.9 Å². The molecule has 0 saturated carbocycles. The molecule has 4 aromatic carbocycles. The van der Waals surface area contributed by atoms with Crippen LogP contribution in [0.3, 0.4) is 0 Å². The summed E-state index contributed by atoms with van der Waals surface area (Å²) < 4.78 is 30.5. The molecule has 1 aliphatic heterocycles. The SMILES string of the molecule is COc1ccc(CSC(C(=O)N2C(=O)OCC2c2ccccc2)C(Nc2ccc(F)cc2)c2ccc(OC(C(=O)O)C(C)(C)C)cc2)cc1. The number of hydrogen-bond donors (Lipinski definition) is 2. The zero-order valence-corrected chi connectivity index (χ0v) is 28.5. The van der Waals surface area contributed by atoms with Crippen molar-refractivity contribution in [2.24, 2.45) is 5.41 Å². The first-order valence-electron chi connectivity index (χ1n) is 15.8. The van der Waals surface area contributed by atoms with Crippen molar-refractivity contribution < 1.29 is 38.1 Å². The largest absolute Gasteiger partial charge is 0.497 e. The van der Waals surface area contributed by atoms with Crippen LogP contribution < -0.4 is 14.8 Å². The van der Waals surface area contributed by atoms with Crippen LogP contribution in [0.5, 0.6) is 11.5 Å². The fraction of sp³-hybridized carbons (Fsp3) is 0.289. The van der Waals surface area contributed by atoms with Gasteiger partial charge in [-0.1, -0.05) is 75.4 Å². The molecule has 1 heterocycles. The minimum absolute atomic E-state index is 0.0189. The number of nitrogens with one attached hydrogen (secondary N) is 1. The number of amides is 2. The van der Waals surface area contributed by atoms with Crippen molar-refractivity contribution in [3.63, 3.8) is 0 Å². The Bertz CT molecular complexity index is 1730. The van der Waals surface area contributed by atoms with Gasteiger partial charge in [-0.3, -0.25) is 4.79 Å². The number of ether oxygens (including phenoxy) is 3. The number of hydrogen-bond acceptors (Lipinski definition) is 8. The first-order chi connectivity index (χ1) is 23.4. The van der Waals surface area contributed by atoms with Crippen LogP contribution in [-0.2, 0) is 20.1 Å². The van der Waals surface area contributed by atoms with Crippen molar-refractivity contribution in [3.8, 4) is 11.5 Å². The molecule has 11 heteroatoms. The molecule has 5 rings (SSSR count). The third-order valence-corrected chi connectivity index (χ3v) is 9.43. The zero-order valence-electron chi connectivity index (χ0n) is 27.7. The highest BCUT2D eigenvalue weighted by Crippen LogP contribution is 2.38. The predicted molar refractivity (Wildman–Crippen MR) is 186 cm³/mol. The number of carboxylic acids is 1. The lowest BCUT2D eigenvalue weighted by atomic mass is 9.89. The molecule has 4 atom stereocenters. The molecule has 2 amide bonds. The van der Waals surface area contributed by atoms with Crippen molar-refractivity contribution in [2.45, 2.75) is 50.0 Å². The lowest BCUT2D eigenvalue weighted by molar-refractivity contribution is -0.150. The van der Waals surface area contributed by atoms with Crippen molar-refractivity contribution in [1.82, 2.24) is 4.90 Å². The first-order valence-corrected chi connectivity index (χ1v) is 16.8. The number of thioether (sulfide) groups is 1. The van der Waals surface area contributed by atoms with Gasteiger partial charge in [-0.25, -0.2) is 18.9 Å². The molecule has 0 bridgehead atoms. The Labute approximate surface area is 289 Å². The second-order valence-electron chi connectivity index (χ2n) is 12.7. The van der Waals surface area contributed by atoms with Gasteiger partial charge in [-0.2, -0.15) is 0 Å². The van der Waals surface area contributed by atoms with E-state index in [-0.39, 0.29) is 6.61 Å². The van der Waals surface area contributed by atoms with Crippen LogP contribution in [0, 0.1) is 11.2 Å². The minimum atomic E-state index is -1.10. The molecule has 256 valence electrons. The second kappa shape index (κ2) is 15.5. The van der Waals surface area contributed by atoms with Crippen molar-refractivity contribution >= 4 is 35.4 Å². The maximum Gasteiger partial charge on any atom is 0.417 e. The summed E-state index contributed by atoms with van der Waals surface area (Å²) in [5, 5.41) is 12.3. The second-order valence-corrected chi connectivity index (χ2v) is 13.8. The van der Waals surface area contributed by atoms with Gasteiger partial charge >= 0.3 is 12.1 Å². The minimum Gasteiger partial charge on any atom is -0.497 e. The average molecular weight is 687 g/mol. The van der Waals surface area contributed by atoms with E-state index in [1.807, 2.05) is 54.6 Å². The van der Waals surface area contributed by atoms with E-state index in [2.05, 4.69) is 5.32 Å². The maximum absolute atomic E-state index is 14.7. The number of carbonyl (C=O) groups excluding carboxylic acids is 2. The highest BCUT2D eigenvalue weighted by atomic mass is 32.2. The molecule has 1 aliphatic rings. The standard InChI is InChI=1S/C38H39FN2O7S/c1-38(2,3)34(36(43)44)48-30-20-12-26(13-21-30)32(40-28-16-14-27(39)15-17-28)33(49-23-24-10-18-29(46-4)19-11-24)35(42)41-31(22-47-37(41)45)25-8-6-5-7-9-25/h5-21,31-34,40H,22-23H2,1-4H3,(H,43,44). The van der Waals surface area contributed by atoms with Crippen LogP contribution in [0.2, 0.25) is 0 Å². The summed E-state index contributed by atoms with van der Waals surface area (Å²) in [4.78, 5) is 41.1. The number of benzene rings is 4. The number of carboxylic acid groups (broad SMARTS) is 1. The molecule has 4 unspecified atom stereocenters. The summed E-state index contributed by atoms with van der Waals surface area (Å²) in [6.45, 7) is 5.37. The van der Waals surface area contributed by atoms with Gasteiger partial charge in [0.15, 0.2) is 6.10 Å². The summed E-state index contributed by atoms with van der Waals surface area (Å²) in [6, 6.07) is 28.0. The molecule has 0 spiro atoms. The quantitative estimate of drug-likeness (QED) is 0.145. The number of rotatable bonds is 13. The maximum atomic E-state index is 14.7. The molecular weight excluding hydrogens is 647 g/mol. The average Bonchev–Trinajstić information content (AvgIpc) is 3.49. The van der Waals surface area contributed by atoms with Crippen LogP contribution in [-0.4, -0.2) is 53.0 Å². The Morgan fingerprint density at radius 3 is 2.18 bits per heavy atom. The Hall–Kier alpha value is -5.03. The van der Waals surface area contributed by atoms with E-state index in [1.54, 1.807) is 64.3 Å². The Morgan fingerprint density at radius 1 is 0.959 bits per heavy atom. The third-order valence-electron chi connectivity index (χ3n) is 8.10. The van der Waals surface area contributed by atoms with Gasteiger partial charge in [0, 0.05) is 16.9 Å². The molecule has 0 aliphatic carbocycles. The molecule has 4 aromatic rings. The van der Waals surface area contributed by atoms with Crippen LogP contribution in [0.1, 0.15) is 49.5 Å². The number of cyclic esters (lactones) is 1. The topological polar surface area (TPSA) is 114 Å². The number of anilines is 1. The van der Waals surface area contributed by atoms with Gasteiger partial charge in [0.1, 0.15) is 35.2 Å². The fourth-order valence-electron chi connectivity index (χ4n) is 5.49. The highest BCUT2D eigenvalue weighted by Gasteiger charge is 2.44. The molecule has 9 nitrogen and oxygen atoms in total. The van der Waals surface area contributed by atoms with Gasteiger partial charge < -0.3 is 24.6 Å². The molecule has 0 radical (unpaired) electrons. The van der Waals surface area contributed by atoms with Crippen molar-refractivity contribution in [1.29, 1.82) is 0 Å². The first kappa shape index (κ1) is 35.3. The summed E-state index contributed by atoms with van der Waals surface area (Å²) in [5.41, 5.74) is 2.22. The molecule has 49 heavy (non-hydrogen) atoms. The van der Waals surface area contributed by atoms with Crippen molar-refractivity contribution in [3.05, 3.63) is 126 Å². The van der Waals surface area contributed by atoms with Crippen LogP contribution in [0.15, 0.2) is 103 Å². The number of halogens is 1. The van der Waals surface area contributed by atoms with E-state index in [0.29, 0.717) is 28.5 Å². The summed E-state index contributed by atoms with van der Waals surface area (Å²) in [5.74, 6) is -0.516. The molecule has 1 saturated heterocycles. The van der Waals surface area contributed by atoms with Gasteiger partial charge in [-0.05, 0) is 65.2 Å². The number of carbonyl (C=O) groups is 3.